The average Bonchev–Trinajstić information content (AvgIpc) is 2.00. The van der Waals surface area contributed by atoms with Gasteiger partial charge in [-0.15, -0.1) is 6.58 Å². The molecule has 0 aliphatic heterocycles. The van der Waals surface area contributed by atoms with Crippen molar-refractivity contribution in [3.8, 4) is 0 Å². The smallest absolute Gasteiger partial charge is 0.0328 e. The highest BCUT2D eigenvalue weighted by Gasteiger charge is 2.17. The van der Waals surface area contributed by atoms with Gasteiger partial charge in [-0.25, -0.2) is 0 Å². The zero-order chi connectivity index (χ0) is 8.04. The van der Waals surface area contributed by atoms with Gasteiger partial charge in [0.25, 0.3) is 0 Å². The highest BCUT2D eigenvalue weighted by Crippen LogP contribution is 2.30. The fourth-order valence-electron chi connectivity index (χ4n) is 1.05. The molecule has 0 nitrogen and oxygen atoms in total. The molecule has 0 heterocycles. The van der Waals surface area contributed by atoms with Gasteiger partial charge in [-0.3, -0.25) is 0 Å². The molecule has 0 aliphatic carbocycles. The van der Waals surface area contributed by atoms with Crippen LogP contribution in [0.3, 0.4) is 0 Å². The molecule has 0 radical (unpaired) electrons. The van der Waals surface area contributed by atoms with E-state index in [1.807, 2.05) is 6.08 Å². The van der Waals surface area contributed by atoms with Crippen LogP contribution in [0.5, 0.6) is 0 Å². The third-order valence-corrected chi connectivity index (χ3v) is 2.66. The van der Waals surface area contributed by atoms with Crippen molar-refractivity contribution >= 4 is 0 Å². The van der Waals surface area contributed by atoms with Gasteiger partial charge in [-0.05, 0) is 18.3 Å². The fourth-order valence-corrected chi connectivity index (χ4v) is 1.05. The first-order chi connectivity index (χ1) is 4.68. The Bertz CT molecular complexity index is 88.2. The number of hydrogen-bond donors (Lipinski definition) is 0. The summed E-state index contributed by atoms with van der Waals surface area (Å²) >= 11 is 0. The van der Waals surface area contributed by atoms with E-state index in [0.29, 0.717) is 5.41 Å². The Morgan fingerprint density at radius 3 is 2.10 bits per heavy atom. The molecule has 0 saturated carbocycles. The van der Waals surface area contributed by atoms with Crippen molar-refractivity contribution < 1.29 is 0 Å². The van der Waals surface area contributed by atoms with Crippen molar-refractivity contribution in [2.24, 2.45) is 5.41 Å². The molecule has 0 aliphatic rings. The lowest BCUT2D eigenvalue weighted by Gasteiger charge is -2.25. The van der Waals surface area contributed by atoms with Crippen LogP contribution in [0.2, 0.25) is 0 Å². The predicted octanol–water partition coefficient (Wildman–Crippen LogP) is 3.78. The SMILES string of the molecule is C=CCCC(C)(CC)CC. The Labute approximate surface area is 65.3 Å². The number of allylic oxidation sites excluding steroid dienone is 1. The second-order valence-electron chi connectivity index (χ2n) is 3.35. The van der Waals surface area contributed by atoms with Gasteiger partial charge in [0, 0.05) is 0 Å². The van der Waals surface area contributed by atoms with Crippen LogP contribution in [0.15, 0.2) is 12.7 Å². The Kier molecular flexibility index (Phi) is 4.42. The molecule has 0 heteroatoms. The van der Waals surface area contributed by atoms with Crippen LogP contribution < -0.4 is 0 Å². The first kappa shape index (κ1) is 9.74. The van der Waals surface area contributed by atoms with Gasteiger partial charge in [0.1, 0.15) is 0 Å². The maximum absolute atomic E-state index is 3.73. The second-order valence-corrected chi connectivity index (χ2v) is 3.35. The summed E-state index contributed by atoms with van der Waals surface area (Å²) in [4.78, 5) is 0. The van der Waals surface area contributed by atoms with Crippen LogP contribution in [-0.4, -0.2) is 0 Å². The minimum atomic E-state index is 0.564. The first-order valence-electron chi connectivity index (χ1n) is 4.29. The van der Waals surface area contributed by atoms with Crippen LogP contribution >= 0.6 is 0 Å². The van der Waals surface area contributed by atoms with Crippen LogP contribution in [0, 0.1) is 5.41 Å². The van der Waals surface area contributed by atoms with Gasteiger partial charge >= 0.3 is 0 Å². The molecular formula is C10H20. The molecule has 0 aromatic heterocycles. The molecule has 10 heavy (non-hydrogen) atoms. The molecule has 0 unspecified atom stereocenters. The zero-order valence-corrected chi connectivity index (χ0v) is 7.61. The second kappa shape index (κ2) is 4.54. The summed E-state index contributed by atoms with van der Waals surface area (Å²) in [5, 5.41) is 0. The predicted molar refractivity (Wildman–Crippen MR) is 48.1 cm³/mol. The molecule has 0 rings (SSSR count). The van der Waals surface area contributed by atoms with Gasteiger partial charge in [-0.2, -0.15) is 0 Å². The molecule has 0 bridgehead atoms. The van der Waals surface area contributed by atoms with Crippen molar-refractivity contribution in [1.82, 2.24) is 0 Å². The van der Waals surface area contributed by atoms with Gasteiger partial charge in [-0.1, -0.05) is 39.7 Å². The van der Waals surface area contributed by atoms with E-state index >= 15 is 0 Å². The van der Waals surface area contributed by atoms with Crippen LogP contribution in [0.4, 0.5) is 0 Å². The summed E-state index contributed by atoms with van der Waals surface area (Å²) in [6, 6.07) is 0. The molecule has 0 aromatic rings. The van der Waals surface area contributed by atoms with E-state index in [1.165, 1.54) is 19.3 Å². The summed E-state index contributed by atoms with van der Waals surface area (Å²) in [6.45, 7) is 10.6. The molecule has 0 aromatic carbocycles. The Balaban J connectivity index is 3.68. The van der Waals surface area contributed by atoms with E-state index in [2.05, 4.69) is 27.4 Å². The van der Waals surface area contributed by atoms with Crippen molar-refractivity contribution in [1.29, 1.82) is 0 Å². The molecule has 0 N–H and O–H groups in total. The minimum Gasteiger partial charge on any atom is -0.103 e. The zero-order valence-electron chi connectivity index (χ0n) is 7.61. The summed E-state index contributed by atoms with van der Waals surface area (Å²) in [6.07, 6.45) is 7.06. The normalized spacial score (nSPS) is 11.5. The number of rotatable bonds is 5. The quantitative estimate of drug-likeness (QED) is 0.510. The van der Waals surface area contributed by atoms with Gasteiger partial charge in [0.15, 0.2) is 0 Å². The van der Waals surface area contributed by atoms with Crippen LogP contribution in [0.1, 0.15) is 46.5 Å². The lowest BCUT2D eigenvalue weighted by atomic mass is 9.80. The highest BCUT2D eigenvalue weighted by atomic mass is 14.2. The summed E-state index contributed by atoms with van der Waals surface area (Å²) < 4.78 is 0. The molecule has 0 spiro atoms. The lowest BCUT2D eigenvalue weighted by Crippen LogP contribution is -2.12. The topological polar surface area (TPSA) is 0 Å². The highest BCUT2D eigenvalue weighted by molar-refractivity contribution is 4.76. The lowest BCUT2D eigenvalue weighted by molar-refractivity contribution is 0.275. The van der Waals surface area contributed by atoms with E-state index in [4.69, 9.17) is 0 Å². The minimum absolute atomic E-state index is 0.564. The molecule has 0 saturated heterocycles. The van der Waals surface area contributed by atoms with Crippen LogP contribution in [-0.2, 0) is 0 Å². The third kappa shape index (κ3) is 3.05. The Morgan fingerprint density at radius 1 is 1.30 bits per heavy atom. The summed E-state index contributed by atoms with van der Waals surface area (Å²) in [5.74, 6) is 0. The maximum Gasteiger partial charge on any atom is -0.0328 e. The third-order valence-electron chi connectivity index (χ3n) is 2.66. The summed E-state index contributed by atoms with van der Waals surface area (Å²) in [7, 11) is 0. The van der Waals surface area contributed by atoms with Crippen molar-refractivity contribution in [2.45, 2.75) is 46.5 Å². The Hall–Kier alpha value is -0.260. The number of hydrogen-bond acceptors (Lipinski definition) is 0. The van der Waals surface area contributed by atoms with E-state index in [-0.39, 0.29) is 0 Å². The first-order valence-corrected chi connectivity index (χ1v) is 4.29. The van der Waals surface area contributed by atoms with E-state index in [1.54, 1.807) is 0 Å². The molecule has 0 fully saturated rings. The largest absolute Gasteiger partial charge is 0.103 e. The van der Waals surface area contributed by atoms with Gasteiger partial charge in [0.2, 0.25) is 0 Å². The van der Waals surface area contributed by atoms with E-state index < -0.39 is 0 Å². The molecule has 60 valence electrons. The summed E-state index contributed by atoms with van der Waals surface area (Å²) in [5.41, 5.74) is 0.564. The van der Waals surface area contributed by atoms with Crippen molar-refractivity contribution in [3.63, 3.8) is 0 Å². The van der Waals surface area contributed by atoms with E-state index in [0.717, 1.165) is 6.42 Å². The van der Waals surface area contributed by atoms with Gasteiger partial charge < -0.3 is 0 Å². The Morgan fingerprint density at radius 2 is 1.80 bits per heavy atom. The molecule has 0 amide bonds. The van der Waals surface area contributed by atoms with Crippen molar-refractivity contribution in [3.05, 3.63) is 12.7 Å². The molecular weight excluding hydrogens is 120 g/mol. The monoisotopic (exact) mass is 140 g/mol. The molecule has 0 atom stereocenters. The average molecular weight is 140 g/mol. The van der Waals surface area contributed by atoms with Crippen LogP contribution in [0.25, 0.3) is 0 Å². The van der Waals surface area contributed by atoms with Crippen molar-refractivity contribution in [2.75, 3.05) is 0 Å². The van der Waals surface area contributed by atoms with Gasteiger partial charge in [0.05, 0.1) is 0 Å². The maximum atomic E-state index is 3.73. The standard InChI is InChI=1S/C10H20/c1-5-8-9-10(4,6-2)7-3/h5H,1,6-9H2,2-4H3. The van der Waals surface area contributed by atoms with E-state index in [9.17, 15) is 0 Å². The fraction of sp³-hybridized carbons (Fsp3) is 0.800.